The topological polar surface area (TPSA) is 41.5 Å². The Morgan fingerprint density at radius 3 is 2.86 bits per heavy atom. The van der Waals surface area contributed by atoms with Gasteiger partial charge >= 0.3 is 0 Å². The Morgan fingerprint density at radius 1 is 1.10 bits per heavy atom. The lowest BCUT2D eigenvalue weighted by Gasteiger charge is -2.28. The van der Waals surface area contributed by atoms with Gasteiger partial charge in [0.25, 0.3) is 0 Å². The maximum absolute atomic E-state index is 10.4. The van der Waals surface area contributed by atoms with Crippen LogP contribution in [0, 0.1) is 6.92 Å². The highest BCUT2D eigenvalue weighted by atomic mass is 16.5. The van der Waals surface area contributed by atoms with Gasteiger partial charge in [-0.2, -0.15) is 0 Å². The first kappa shape index (κ1) is 14.9. The van der Waals surface area contributed by atoms with Crippen molar-refractivity contribution < 1.29 is 9.84 Å². The van der Waals surface area contributed by atoms with Crippen molar-refractivity contribution in [2.75, 3.05) is 6.61 Å². The zero-order valence-electron chi connectivity index (χ0n) is 13.0. The molecular weight excluding hydrogens is 262 g/mol. The van der Waals surface area contributed by atoms with Gasteiger partial charge in [0.15, 0.2) is 0 Å². The summed E-state index contributed by atoms with van der Waals surface area (Å²) in [6, 6.07) is 6.93. The van der Waals surface area contributed by atoms with Crippen molar-refractivity contribution >= 4 is 0 Å². The number of ether oxygens (including phenoxy) is 1. The van der Waals surface area contributed by atoms with E-state index in [-0.39, 0.29) is 12.1 Å². The molecule has 0 saturated heterocycles. The molecule has 21 heavy (non-hydrogen) atoms. The van der Waals surface area contributed by atoms with Gasteiger partial charge in [0.05, 0.1) is 12.7 Å². The fourth-order valence-electron chi connectivity index (χ4n) is 3.68. The molecule has 1 aromatic rings. The number of rotatable bonds is 2. The molecule has 3 rings (SSSR count). The standard InChI is InChI=1S/C18H27NO2/c1-13-7-5-8-14-15(10-6-12-21-18(13)14)19-16-9-3-2-4-11-17(16)20/h5,7-8,15-17,19-20H,2-4,6,9-12H2,1H3. The van der Waals surface area contributed by atoms with Crippen LogP contribution in [-0.4, -0.2) is 23.9 Å². The summed E-state index contributed by atoms with van der Waals surface area (Å²) >= 11 is 0. The third kappa shape index (κ3) is 3.41. The van der Waals surface area contributed by atoms with E-state index in [9.17, 15) is 5.11 Å². The normalized spacial score (nSPS) is 29.9. The minimum absolute atomic E-state index is 0.204. The van der Waals surface area contributed by atoms with Gasteiger partial charge in [0.2, 0.25) is 0 Å². The zero-order chi connectivity index (χ0) is 14.7. The SMILES string of the molecule is Cc1cccc2c1OCCCC2NC1CCCCCC1O. The van der Waals surface area contributed by atoms with E-state index in [2.05, 4.69) is 30.4 Å². The number of aryl methyl sites for hydroxylation is 1. The molecule has 3 unspecified atom stereocenters. The van der Waals surface area contributed by atoms with Crippen molar-refractivity contribution in [1.82, 2.24) is 5.32 Å². The van der Waals surface area contributed by atoms with Crippen LogP contribution in [0.15, 0.2) is 18.2 Å². The Morgan fingerprint density at radius 2 is 1.95 bits per heavy atom. The smallest absolute Gasteiger partial charge is 0.126 e. The monoisotopic (exact) mass is 289 g/mol. The number of benzene rings is 1. The Labute approximate surface area is 127 Å². The second-order valence-electron chi connectivity index (χ2n) is 6.52. The molecular formula is C18H27NO2. The predicted octanol–water partition coefficient (Wildman–Crippen LogP) is 3.49. The van der Waals surface area contributed by atoms with Gasteiger partial charge < -0.3 is 15.2 Å². The quantitative estimate of drug-likeness (QED) is 0.819. The summed E-state index contributed by atoms with van der Waals surface area (Å²) in [5.41, 5.74) is 2.48. The van der Waals surface area contributed by atoms with E-state index >= 15 is 0 Å². The van der Waals surface area contributed by atoms with Crippen molar-refractivity contribution in [3.8, 4) is 5.75 Å². The van der Waals surface area contributed by atoms with Crippen LogP contribution >= 0.6 is 0 Å². The number of fused-ring (bicyclic) bond motifs is 1. The molecule has 3 nitrogen and oxygen atoms in total. The van der Waals surface area contributed by atoms with E-state index in [1.54, 1.807) is 0 Å². The second-order valence-corrected chi connectivity index (χ2v) is 6.52. The van der Waals surface area contributed by atoms with E-state index in [0.717, 1.165) is 44.5 Å². The third-order valence-corrected chi connectivity index (χ3v) is 4.90. The summed E-state index contributed by atoms with van der Waals surface area (Å²) in [4.78, 5) is 0. The molecule has 2 N–H and O–H groups in total. The number of aliphatic hydroxyl groups is 1. The number of hydrogen-bond donors (Lipinski definition) is 2. The number of nitrogens with one attached hydrogen (secondary N) is 1. The highest BCUT2D eigenvalue weighted by Gasteiger charge is 2.27. The van der Waals surface area contributed by atoms with E-state index in [1.165, 1.54) is 24.0 Å². The summed E-state index contributed by atoms with van der Waals surface area (Å²) in [6.45, 7) is 2.91. The first-order chi connectivity index (χ1) is 10.3. The molecule has 3 heteroatoms. The van der Waals surface area contributed by atoms with Crippen LogP contribution in [0.2, 0.25) is 0 Å². The highest BCUT2D eigenvalue weighted by molar-refractivity contribution is 5.43. The van der Waals surface area contributed by atoms with Crippen LogP contribution in [0.25, 0.3) is 0 Å². The van der Waals surface area contributed by atoms with Gasteiger partial charge in [-0.25, -0.2) is 0 Å². The fraction of sp³-hybridized carbons (Fsp3) is 0.667. The summed E-state index contributed by atoms with van der Waals surface area (Å²) in [5.74, 6) is 1.05. The lowest BCUT2D eigenvalue weighted by Crippen LogP contribution is -2.41. The second kappa shape index (κ2) is 6.80. The van der Waals surface area contributed by atoms with Crippen LogP contribution in [0.5, 0.6) is 5.75 Å². The minimum atomic E-state index is -0.204. The van der Waals surface area contributed by atoms with Crippen molar-refractivity contribution in [3.05, 3.63) is 29.3 Å². The van der Waals surface area contributed by atoms with Crippen molar-refractivity contribution in [2.24, 2.45) is 0 Å². The summed E-state index contributed by atoms with van der Waals surface area (Å²) < 4.78 is 5.95. The van der Waals surface area contributed by atoms with Gasteiger partial charge in [-0.15, -0.1) is 0 Å². The molecule has 1 fully saturated rings. The average molecular weight is 289 g/mol. The van der Waals surface area contributed by atoms with Crippen molar-refractivity contribution in [1.29, 1.82) is 0 Å². The van der Waals surface area contributed by atoms with Crippen LogP contribution in [-0.2, 0) is 0 Å². The molecule has 0 radical (unpaired) electrons. The Hall–Kier alpha value is -1.06. The number of para-hydroxylation sites is 1. The molecule has 0 spiro atoms. The van der Waals surface area contributed by atoms with Crippen LogP contribution in [0.4, 0.5) is 0 Å². The van der Waals surface area contributed by atoms with Crippen LogP contribution < -0.4 is 10.1 Å². The first-order valence-corrected chi connectivity index (χ1v) is 8.42. The van der Waals surface area contributed by atoms with E-state index in [1.807, 2.05) is 0 Å². The van der Waals surface area contributed by atoms with E-state index in [4.69, 9.17) is 4.74 Å². The Kier molecular flexibility index (Phi) is 4.81. The van der Waals surface area contributed by atoms with Crippen molar-refractivity contribution in [3.63, 3.8) is 0 Å². The number of hydrogen-bond acceptors (Lipinski definition) is 3. The van der Waals surface area contributed by atoms with Gasteiger partial charge in [-0.1, -0.05) is 37.5 Å². The average Bonchev–Trinajstić information content (AvgIpc) is 2.80. The molecule has 1 saturated carbocycles. The molecule has 0 amide bonds. The molecule has 1 aliphatic carbocycles. The highest BCUT2D eigenvalue weighted by Crippen LogP contribution is 2.35. The molecule has 0 bridgehead atoms. The van der Waals surface area contributed by atoms with Gasteiger partial charge in [-0.05, 0) is 38.2 Å². The zero-order valence-corrected chi connectivity index (χ0v) is 13.0. The molecule has 2 aliphatic rings. The molecule has 116 valence electrons. The lowest BCUT2D eigenvalue weighted by atomic mass is 9.97. The summed E-state index contributed by atoms with van der Waals surface area (Å²) in [7, 11) is 0. The minimum Gasteiger partial charge on any atom is -0.493 e. The molecule has 0 aromatic heterocycles. The largest absolute Gasteiger partial charge is 0.493 e. The van der Waals surface area contributed by atoms with Gasteiger partial charge in [0, 0.05) is 17.6 Å². The lowest BCUT2D eigenvalue weighted by molar-refractivity contribution is 0.113. The fourth-order valence-corrected chi connectivity index (χ4v) is 3.68. The molecule has 3 atom stereocenters. The van der Waals surface area contributed by atoms with Gasteiger partial charge in [-0.3, -0.25) is 0 Å². The molecule has 1 heterocycles. The van der Waals surface area contributed by atoms with Crippen LogP contribution in [0.3, 0.4) is 0 Å². The maximum atomic E-state index is 10.4. The summed E-state index contributed by atoms with van der Waals surface area (Å²) in [5, 5.41) is 14.1. The van der Waals surface area contributed by atoms with Gasteiger partial charge in [0.1, 0.15) is 5.75 Å². The Bertz CT molecular complexity index is 474. The Balaban J connectivity index is 1.80. The first-order valence-electron chi connectivity index (χ1n) is 8.42. The van der Waals surface area contributed by atoms with E-state index < -0.39 is 0 Å². The predicted molar refractivity (Wildman–Crippen MR) is 84.7 cm³/mol. The third-order valence-electron chi connectivity index (χ3n) is 4.90. The number of aliphatic hydroxyl groups excluding tert-OH is 1. The molecule has 1 aromatic carbocycles. The van der Waals surface area contributed by atoms with Crippen LogP contribution in [0.1, 0.15) is 62.1 Å². The summed E-state index contributed by atoms with van der Waals surface area (Å²) in [6.07, 6.45) is 7.58. The maximum Gasteiger partial charge on any atom is 0.126 e. The van der Waals surface area contributed by atoms with Crippen molar-refractivity contribution in [2.45, 2.75) is 70.1 Å². The van der Waals surface area contributed by atoms with E-state index in [0.29, 0.717) is 6.04 Å². The molecule has 1 aliphatic heterocycles.